The van der Waals surface area contributed by atoms with E-state index in [9.17, 15) is 17.6 Å². The molecular formula is C10H20FNO4S. The summed E-state index contributed by atoms with van der Waals surface area (Å²) in [6.45, 7) is 3.06. The van der Waals surface area contributed by atoms with Crippen molar-refractivity contribution in [3.8, 4) is 0 Å². The Morgan fingerprint density at radius 1 is 1.35 bits per heavy atom. The number of carboxylic acid groups (broad SMARTS) is 1. The smallest absolute Gasteiger partial charge is 0.321 e. The van der Waals surface area contributed by atoms with Gasteiger partial charge in [-0.3, -0.25) is 9.18 Å². The molecule has 0 aliphatic carbocycles. The van der Waals surface area contributed by atoms with Gasteiger partial charge in [-0.2, -0.15) is 0 Å². The Morgan fingerprint density at radius 2 is 1.94 bits per heavy atom. The number of nitrogens with one attached hydrogen (secondary N) is 1. The fraction of sp³-hybridized carbons (Fsp3) is 0.900. The second kappa shape index (κ2) is 7.60. The van der Waals surface area contributed by atoms with Gasteiger partial charge in [0, 0.05) is 0 Å². The van der Waals surface area contributed by atoms with Crippen LogP contribution in [0.2, 0.25) is 0 Å². The number of alkyl halides is 1. The fourth-order valence-electron chi connectivity index (χ4n) is 1.33. The molecule has 0 fully saturated rings. The minimum absolute atomic E-state index is 0.0737. The van der Waals surface area contributed by atoms with Crippen molar-refractivity contribution in [1.82, 2.24) is 4.72 Å². The van der Waals surface area contributed by atoms with Gasteiger partial charge in [-0.1, -0.05) is 13.8 Å². The second-order valence-electron chi connectivity index (χ2n) is 4.35. The average Bonchev–Trinajstić information content (AvgIpc) is 2.15. The number of carbonyl (C=O) groups is 1. The molecular weight excluding hydrogens is 249 g/mol. The van der Waals surface area contributed by atoms with Gasteiger partial charge in [-0.05, 0) is 25.2 Å². The van der Waals surface area contributed by atoms with Gasteiger partial charge >= 0.3 is 5.97 Å². The summed E-state index contributed by atoms with van der Waals surface area (Å²) in [7, 11) is -3.64. The molecule has 0 radical (unpaired) electrons. The van der Waals surface area contributed by atoms with Gasteiger partial charge in [0.05, 0.1) is 12.4 Å². The van der Waals surface area contributed by atoms with Crippen molar-refractivity contribution in [1.29, 1.82) is 0 Å². The number of rotatable bonds is 9. The zero-order valence-electron chi connectivity index (χ0n) is 10.1. The first-order valence-electron chi connectivity index (χ1n) is 5.57. The molecule has 17 heavy (non-hydrogen) atoms. The summed E-state index contributed by atoms with van der Waals surface area (Å²) in [4.78, 5) is 10.9. The van der Waals surface area contributed by atoms with Gasteiger partial charge in [0.15, 0.2) is 0 Å². The number of aliphatic carboxylic acids is 1. The normalized spacial score (nSPS) is 13.9. The molecule has 0 spiro atoms. The van der Waals surface area contributed by atoms with Crippen LogP contribution in [0, 0.1) is 5.92 Å². The number of hydrogen-bond acceptors (Lipinski definition) is 3. The van der Waals surface area contributed by atoms with E-state index in [0.29, 0.717) is 0 Å². The highest BCUT2D eigenvalue weighted by molar-refractivity contribution is 7.89. The van der Waals surface area contributed by atoms with Crippen LogP contribution < -0.4 is 4.72 Å². The minimum Gasteiger partial charge on any atom is -0.480 e. The minimum atomic E-state index is -3.64. The molecule has 0 heterocycles. The molecule has 1 unspecified atom stereocenters. The van der Waals surface area contributed by atoms with E-state index in [-0.39, 0.29) is 30.9 Å². The highest BCUT2D eigenvalue weighted by Crippen LogP contribution is 2.07. The van der Waals surface area contributed by atoms with Crippen molar-refractivity contribution < 1.29 is 22.7 Å². The molecule has 0 aliphatic rings. The van der Waals surface area contributed by atoms with Crippen molar-refractivity contribution in [2.75, 3.05) is 12.4 Å². The van der Waals surface area contributed by atoms with E-state index in [4.69, 9.17) is 5.11 Å². The maximum absolute atomic E-state index is 11.8. The lowest BCUT2D eigenvalue weighted by molar-refractivity contribution is -0.139. The molecule has 7 heteroatoms. The van der Waals surface area contributed by atoms with Crippen LogP contribution in [0.5, 0.6) is 0 Å². The fourth-order valence-corrected chi connectivity index (χ4v) is 2.67. The molecule has 0 saturated carbocycles. The van der Waals surface area contributed by atoms with Crippen LogP contribution in [0.25, 0.3) is 0 Å². The number of carboxylic acids is 1. The lowest BCUT2D eigenvalue weighted by atomic mass is 10.1. The Balaban J connectivity index is 4.37. The quantitative estimate of drug-likeness (QED) is 0.615. The molecule has 102 valence electrons. The van der Waals surface area contributed by atoms with Crippen molar-refractivity contribution in [3.63, 3.8) is 0 Å². The van der Waals surface area contributed by atoms with E-state index in [2.05, 4.69) is 4.72 Å². The summed E-state index contributed by atoms with van der Waals surface area (Å²) in [6.07, 6.45) is 0.598. The summed E-state index contributed by atoms with van der Waals surface area (Å²) >= 11 is 0. The van der Waals surface area contributed by atoms with E-state index < -0.39 is 28.7 Å². The number of hydrogen-bond donors (Lipinski definition) is 2. The van der Waals surface area contributed by atoms with Gasteiger partial charge in [0.2, 0.25) is 10.0 Å². The van der Waals surface area contributed by atoms with Crippen molar-refractivity contribution >= 4 is 16.0 Å². The molecule has 0 aromatic heterocycles. The molecule has 0 aromatic carbocycles. The molecule has 0 amide bonds. The third kappa shape index (κ3) is 8.09. The third-order valence-electron chi connectivity index (χ3n) is 2.12. The first-order chi connectivity index (χ1) is 7.78. The van der Waals surface area contributed by atoms with E-state index in [1.54, 1.807) is 0 Å². The number of sulfonamides is 1. The highest BCUT2D eigenvalue weighted by Gasteiger charge is 2.24. The van der Waals surface area contributed by atoms with Crippen molar-refractivity contribution in [2.45, 2.75) is 39.2 Å². The van der Waals surface area contributed by atoms with Crippen LogP contribution in [-0.4, -0.2) is 38.0 Å². The van der Waals surface area contributed by atoms with Crippen LogP contribution in [0.3, 0.4) is 0 Å². The van der Waals surface area contributed by atoms with E-state index >= 15 is 0 Å². The lowest BCUT2D eigenvalue weighted by Crippen LogP contribution is -2.42. The molecule has 2 N–H and O–H groups in total. The Labute approximate surface area is 101 Å². The molecule has 0 aromatic rings. The van der Waals surface area contributed by atoms with Crippen molar-refractivity contribution in [2.24, 2.45) is 5.92 Å². The summed E-state index contributed by atoms with van der Waals surface area (Å²) < 4.78 is 37.0. The summed E-state index contributed by atoms with van der Waals surface area (Å²) in [5.74, 6) is -1.35. The van der Waals surface area contributed by atoms with Gasteiger partial charge < -0.3 is 5.11 Å². The number of unbranched alkanes of at least 4 members (excludes halogenated alkanes) is 1. The number of halogens is 1. The Kier molecular flexibility index (Phi) is 7.29. The van der Waals surface area contributed by atoms with Crippen LogP contribution >= 0.6 is 0 Å². The monoisotopic (exact) mass is 269 g/mol. The third-order valence-corrected chi connectivity index (χ3v) is 3.59. The van der Waals surface area contributed by atoms with Crippen LogP contribution in [0.1, 0.15) is 33.1 Å². The van der Waals surface area contributed by atoms with Gasteiger partial charge in [-0.15, -0.1) is 0 Å². The maximum atomic E-state index is 11.8. The topological polar surface area (TPSA) is 83.5 Å². The average molecular weight is 269 g/mol. The highest BCUT2D eigenvalue weighted by atomic mass is 32.2. The molecule has 0 rings (SSSR count). The largest absolute Gasteiger partial charge is 0.480 e. The maximum Gasteiger partial charge on any atom is 0.321 e. The van der Waals surface area contributed by atoms with E-state index in [1.807, 2.05) is 13.8 Å². The predicted molar refractivity (Wildman–Crippen MR) is 63.0 cm³/mol. The van der Waals surface area contributed by atoms with E-state index in [1.165, 1.54) is 0 Å². The van der Waals surface area contributed by atoms with Crippen molar-refractivity contribution in [3.05, 3.63) is 0 Å². The zero-order chi connectivity index (χ0) is 13.5. The van der Waals surface area contributed by atoms with Crippen LogP contribution in [0.4, 0.5) is 4.39 Å². The summed E-state index contributed by atoms with van der Waals surface area (Å²) in [5, 5.41) is 8.87. The van der Waals surface area contributed by atoms with Crippen LogP contribution in [-0.2, 0) is 14.8 Å². The molecule has 5 nitrogen and oxygen atoms in total. The zero-order valence-corrected chi connectivity index (χ0v) is 11.0. The molecule has 0 bridgehead atoms. The Morgan fingerprint density at radius 3 is 2.35 bits per heavy atom. The lowest BCUT2D eigenvalue weighted by Gasteiger charge is -2.16. The SMILES string of the molecule is CC(C)CC(NS(=O)(=O)CCCCF)C(=O)O. The summed E-state index contributed by atoms with van der Waals surface area (Å²) in [6, 6.07) is -1.11. The van der Waals surface area contributed by atoms with E-state index in [0.717, 1.165) is 0 Å². The molecule has 0 saturated heterocycles. The Bertz CT molecular complexity index is 329. The van der Waals surface area contributed by atoms with Gasteiger partial charge in [0.1, 0.15) is 6.04 Å². The standard InChI is InChI=1S/C10H20FNO4S/c1-8(2)7-9(10(13)14)12-17(15,16)6-4-3-5-11/h8-9,12H,3-7H2,1-2H3,(H,13,14). The first kappa shape index (κ1) is 16.3. The molecule has 1 atom stereocenters. The van der Waals surface area contributed by atoms with Gasteiger partial charge in [-0.25, -0.2) is 13.1 Å². The van der Waals surface area contributed by atoms with Crippen LogP contribution in [0.15, 0.2) is 0 Å². The predicted octanol–water partition coefficient (Wildman–Crippen LogP) is 1.15. The summed E-state index contributed by atoms with van der Waals surface area (Å²) in [5.41, 5.74) is 0. The van der Waals surface area contributed by atoms with Gasteiger partial charge in [0.25, 0.3) is 0 Å². The first-order valence-corrected chi connectivity index (χ1v) is 7.22. The second-order valence-corrected chi connectivity index (χ2v) is 6.23. The Hall–Kier alpha value is -0.690. The molecule has 0 aliphatic heterocycles.